The van der Waals surface area contributed by atoms with Crippen LogP contribution in [0.1, 0.15) is 5.56 Å². The molecule has 11 heteroatoms. The van der Waals surface area contributed by atoms with Gasteiger partial charge in [-0.3, -0.25) is 0 Å². The Bertz CT molecular complexity index is 4970. The lowest BCUT2D eigenvalue weighted by atomic mass is 10.0. The highest BCUT2D eigenvalue weighted by atomic mass is 79.9. The van der Waals surface area contributed by atoms with Crippen molar-refractivity contribution in [3.05, 3.63) is 349 Å². The van der Waals surface area contributed by atoms with Crippen molar-refractivity contribution in [1.29, 1.82) is 0 Å². The third kappa shape index (κ3) is 15.9. The highest BCUT2D eigenvalue weighted by molar-refractivity contribution is 9.11. The summed E-state index contributed by atoms with van der Waals surface area (Å²) in [5, 5.41) is 11.8. The van der Waals surface area contributed by atoms with Crippen LogP contribution in [-0.2, 0) is 0 Å². The van der Waals surface area contributed by atoms with Gasteiger partial charge in [-0.05, 0) is 178 Å². The minimum atomic E-state index is 0.295. The fourth-order valence-electron chi connectivity index (χ4n) is 10.2. The second kappa shape index (κ2) is 30.5. The number of rotatable bonds is 5. The SMILES string of the molecule is Brc1ccc(N(c2ccccc2)c2ccccc2)cc1.Brc1ccc2c(c1)c1ccccc1n2-c1ccccc1.Brc1ccc2ccc3ccccc3c2c1.Brc1ccc2sc3ccccc3c2c1.C=Cc1ccc(Br)cc1.Clc1ncc2ccccc2n1. The third-order valence-electron chi connectivity index (χ3n) is 14.4. The van der Waals surface area contributed by atoms with Gasteiger partial charge < -0.3 is 9.47 Å². The molecule has 0 fully saturated rings. The van der Waals surface area contributed by atoms with Gasteiger partial charge in [0.15, 0.2) is 0 Å². The molecule has 4 nitrogen and oxygen atoms in total. The lowest BCUT2D eigenvalue weighted by Gasteiger charge is -2.25. The Morgan fingerprint density at radius 1 is 0.371 bits per heavy atom. The van der Waals surface area contributed by atoms with Crippen molar-refractivity contribution in [2.45, 2.75) is 0 Å². The molecule has 0 spiro atoms. The van der Waals surface area contributed by atoms with Crippen LogP contribution in [0.2, 0.25) is 5.28 Å². The summed E-state index contributed by atoms with van der Waals surface area (Å²) in [6.45, 7) is 3.65. The number of thiophene rings is 1. The van der Waals surface area contributed by atoms with Gasteiger partial charge >= 0.3 is 0 Å². The number of hydrogen-bond acceptors (Lipinski definition) is 4. The molecule has 89 heavy (non-hydrogen) atoms. The van der Waals surface area contributed by atoms with E-state index in [1.807, 2.05) is 84.1 Å². The molecule has 0 aliphatic carbocycles. The summed E-state index contributed by atoms with van der Waals surface area (Å²) in [4.78, 5) is 10.1. The Morgan fingerprint density at radius 3 is 1.48 bits per heavy atom. The van der Waals surface area contributed by atoms with Crippen molar-refractivity contribution in [2.24, 2.45) is 0 Å². The smallest absolute Gasteiger partial charge is 0.222 e. The minimum absolute atomic E-state index is 0.295. The van der Waals surface area contributed by atoms with Gasteiger partial charge in [-0.2, -0.15) is 0 Å². The van der Waals surface area contributed by atoms with E-state index < -0.39 is 0 Å². The first kappa shape index (κ1) is 62.6. The molecule has 0 saturated carbocycles. The number of para-hydroxylation sites is 5. The molecule has 0 saturated heterocycles. The quantitative estimate of drug-likeness (QED) is 0.127. The van der Waals surface area contributed by atoms with Crippen LogP contribution in [0.3, 0.4) is 0 Å². The van der Waals surface area contributed by atoms with E-state index in [1.54, 1.807) is 6.20 Å². The van der Waals surface area contributed by atoms with Gasteiger partial charge in [-0.25, -0.2) is 9.97 Å². The lowest BCUT2D eigenvalue weighted by molar-refractivity contribution is 1.18. The zero-order valence-electron chi connectivity index (χ0n) is 47.7. The molecular weight excluding hydrogens is 1460 g/mol. The molecule has 0 amide bonds. The largest absolute Gasteiger partial charge is 0.311 e. The Labute approximate surface area is 569 Å². The van der Waals surface area contributed by atoms with Crippen molar-refractivity contribution < 1.29 is 0 Å². The Morgan fingerprint density at radius 2 is 0.820 bits per heavy atom. The molecular formula is C78H54Br5ClN4S. The van der Waals surface area contributed by atoms with E-state index in [4.69, 9.17) is 11.6 Å². The van der Waals surface area contributed by atoms with E-state index in [9.17, 15) is 0 Å². The van der Waals surface area contributed by atoms with Gasteiger partial charge in [-0.15, -0.1) is 11.3 Å². The summed E-state index contributed by atoms with van der Waals surface area (Å²) in [7, 11) is 0. The molecule has 0 atom stereocenters. The standard InChI is InChI=1S/C18H12BrN.C18H14BrN.C14H9Br.C12H7BrS.C8H7Br.C8H5ClN2/c19-13-10-11-18-16(12-13)15-8-4-5-9-17(15)20(18)14-6-2-1-3-7-14;19-15-11-13-18(14-12-15)20(16-7-3-1-4-8-16)17-9-5-2-6-10-17;15-12-8-7-11-6-5-10-3-1-2-4-13(10)14(11)9-12;13-8-5-6-12-10(7-8)9-3-1-2-4-11(9)14-12;1-2-7-3-5-8(9)6-4-7;9-8-10-5-6-3-1-2-4-7(6)11-8/h1-12H;1-14H;1-9H;1-7H;2-6H,1H2;1-5H. The van der Waals surface area contributed by atoms with E-state index in [2.05, 4.69) is 342 Å². The van der Waals surface area contributed by atoms with Crippen LogP contribution in [-0.4, -0.2) is 14.5 Å². The van der Waals surface area contributed by atoms with Crippen molar-refractivity contribution in [3.8, 4) is 5.69 Å². The molecule has 13 aromatic carbocycles. The molecule has 16 rings (SSSR count). The van der Waals surface area contributed by atoms with E-state index in [0.717, 1.165) is 55.9 Å². The van der Waals surface area contributed by atoms with Crippen LogP contribution in [0.4, 0.5) is 17.1 Å². The summed E-state index contributed by atoms with van der Waals surface area (Å²) in [6, 6.07) is 105. The summed E-state index contributed by atoms with van der Waals surface area (Å²) in [5.41, 5.74) is 9.16. The fourth-order valence-corrected chi connectivity index (χ4v) is 13.1. The van der Waals surface area contributed by atoms with Crippen molar-refractivity contribution in [1.82, 2.24) is 14.5 Å². The number of benzene rings is 13. The summed E-state index contributed by atoms with van der Waals surface area (Å²) in [6.07, 6.45) is 3.54. The maximum absolute atomic E-state index is 5.60. The van der Waals surface area contributed by atoms with E-state index in [1.165, 1.54) is 69.2 Å². The van der Waals surface area contributed by atoms with Gasteiger partial charge in [0.25, 0.3) is 0 Å². The summed E-state index contributed by atoms with van der Waals surface area (Å²) in [5.74, 6) is 0. The number of hydrogen-bond donors (Lipinski definition) is 0. The van der Waals surface area contributed by atoms with Gasteiger partial charge in [0, 0.05) is 87.6 Å². The number of anilines is 3. The van der Waals surface area contributed by atoms with Crippen LogP contribution in [0.15, 0.2) is 338 Å². The molecule has 16 aromatic rings. The molecule has 0 aliphatic heterocycles. The van der Waals surface area contributed by atoms with E-state index in [0.29, 0.717) is 5.28 Å². The van der Waals surface area contributed by atoms with Crippen LogP contribution < -0.4 is 4.90 Å². The second-order valence-electron chi connectivity index (χ2n) is 20.2. The number of nitrogens with zero attached hydrogens (tertiary/aromatic N) is 4. The van der Waals surface area contributed by atoms with Crippen LogP contribution in [0.5, 0.6) is 0 Å². The third-order valence-corrected chi connectivity index (χ3v) is 18.2. The molecule has 0 unspecified atom stereocenters. The Balaban J connectivity index is 0.000000112. The van der Waals surface area contributed by atoms with Gasteiger partial charge in [0.2, 0.25) is 5.28 Å². The van der Waals surface area contributed by atoms with Gasteiger partial charge in [0.1, 0.15) is 0 Å². The number of fused-ring (bicyclic) bond motifs is 10. The average molecular weight is 1510 g/mol. The monoisotopic (exact) mass is 1510 g/mol. The fraction of sp³-hybridized carbons (Fsp3) is 0. The molecule has 3 heterocycles. The normalized spacial score (nSPS) is 10.6. The molecule has 0 radical (unpaired) electrons. The zero-order chi connectivity index (χ0) is 61.5. The predicted octanol–water partition coefficient (Wildman–Crippen LogP) is 26.4. The molecule has 0 N–H and O–H groups in total. The first-order valence-corrected chi connectivity index (χ1v) is 33.5. The molecule has 3 aromatic heterocycles. The summed E-state index contributed by atoms with van der Waals surface area (Å²) >= 11 is 24.9. The zero-order valence-corrected chi connectivity index (χ0v) is 57.2. The van der Waals surface area contributed by atoms with Crippen LogP contribution >= 0.6 is 103 Å². The minimum Gasteiger partial charge on any atom is -0.311 e. The number of aromatic nitrogens is 3. The highest BCUT2D eigenvalue weighted by Crippen LogP contribution is 2.37. The summed E-state index contributed by atoms with van der Waals surface area (Å²) < 4.78 is 10.6. The first-order valence-electron chi connectivity index (χ1n) is 28.4. The van der Waals surface area contributed by atoms with Crippen LogP contribution in [0.25, 0.3) is 86.2 Å². The van der Waals surface area contributed by atoms with E-state index in [-0.39, 0.29) is 0 Å². The molecule has 0 aliphatic rings. The second-order valence-corrected chi connectivity index (χ2v) is 26.2. The predicted molar refractivity (Wildman–Crippen MR) is 402 cm³/mol. The van der Waals surface area contributed by atoms with Crippen molar-refractivity contribution >= 4 is 200 Å². The molecule has 434 valence electrons. The van der Waals surface area contributed by atoms with Crippen molar-refractivity contribution in [2.75, 3.05) is 4.90 Å². The van der Waals surface area contributed by atoms with Crippen LogP contribution in [0, 0.1) is 0 Å². The maximum Gasteiger partial charge on any atom is 0.222 e. The number of halogens is 6. The first-order chi connectivity index (χ1) is 43.6. The highest BCUT2D eigenvalue weighted by Gasteiger charge is 2.13. The van der Waals surface area contributed by atoms with E-state index >= 15 is 0 Å². The Kier molecular flexibility index (Phi) is 21.4. The lowest BCUT2D eigenvalue weighted by Crippen LogP contribution is -2.09. The van der Waals surface area contributed by atoms with Gasteiger partial charge in [-0.1, -0.05) is 256 Å². The van der Waals surface area contributed by atoms with Gasteiger partial charge in [0.05, 0.1) is 16.6 Å². The average Bonchev–Trinajstić information content (AvgIpc) is 1.74. The maximum atomic E-state index is 5.60. The Hall–Kier alpha value is -8.03. The molecule has 0 bridgehead atoms. The topological polar surface area (TPSA) is 34.0 Å². The van der Waals surface area contributed by atoms with Crippen molar-refractivity contribution in [3.63, 3.8) is 0 Å².